The van der Waals surface area contributed by atoms with Gasteiger partial charge in [0, 0.05) is 9.68 Å². The fraction of sp³-hybridized carbons (Fsp3) is 0.500. The summed E-state index contributed by atoms with van der Waals surface area (Å²) in [5.41, 5.74) is -2.28. The Morgan fingerprint density at radius 1 is 1.36 bits per heavy atom. The Morgan fingerprint density at radius 3 is 2.45 bits per heavy atom. The van der Waals surface area contributed by atoms with Crippen LogP contribution in [0.1, 0.15) is 23.5 Å². The minimum absolute atomic E-state index is 0.301. The van der Waals surface area contributed by atoms with Crippen LogP contribution in [-0.2, 0) is 0 Å². The Kier molecular flexibility index (Phi) is 1.06. The van der Waals surface area contributed by atoms with Gasteiger partial charge < -0.3 is 4.74 Å². The number of rotatable bonds is 2. The zero-order chi connectivity index (χ0) is 11.1. The van der Waals surface area contributed by atoms with Crippen LogP contribution in [-0.4, -0.2) is 6.10 Å². The standard InChI is InChI=1S/C8H10O3/c1-4(2)11-8-5(3)6(9)7(8)10/h4H,1-3H3/i3D3. The summed E-state index contributed by atoms with van der Waals surface area (Å²) >= 11 is 0. The van der Waals surface area contributed by atoms with E-state index in [2.05, 4.69) is 0 Å². The number of ether oxygens (including phenoxy) is 1. The van der Waals surface area contributed by atoms with E-state index in [4.69, 9.17) is 8.85 Å². The summed E-state index contributed by atoms with van der Waals surface area (Å²) in [6, 6.07) is 0. The molecule has 0 heterocycles. The molecule has 1 aromatic rings. The molecule has 1 aromatic carbocycles. The predicted molar refractivity (Wildman–Crippen MR) is 41.9 cm³/mol. The van der Waals surface area contributed by atoms with Gasteiger partial charge in [0.1, 0.15) is 0 Å². The van der Waals surface area contributed by atoms with Crippen molar-refractivity contribution in [2.75, 3.05) is 0 Å². The number of hydrogen-bond donors (Lipinski definition) is 0. The summed E-state index contributed by atoms with van der Waals surface area (Å²) in [6.45, 7) is 0.746. The van der Waals surface area contributed by atoms with Crippen LogP contribution in [0.5, 0.6) is 5.75 Å². The molecule has 0 unspecified atom stereocenters. The SMILES string of the molecule is [2H]C([2H])([2H])c1c(OC(C)C)c(=O)c1=O. The first-order chi connectivity index (χ1) is 6.25. The van der Waals surface area contributed by atoms with E-state index in [-0.39, 0.29) is 11.9 Å². The quantitative estimate of drug-likeness (QED) is 0.583. The van der Waals surface area contributed by atoms with Crippen molar-refractivity contribution >= 4 is 0 Å². The minimum Gasteiger partial charge on any atom is -0.486 e. The highest BCUT2D eigenvalue weighted by atomic mass is 16.5. The third-order valence-corrected chi connectivity index (χ3v) is 1.22. The van der Waals surface area contributed by atoms with Gasteiger partial charge in [-0.15, -0.1) is 0 Å². The normalized spacial score (nSPS) is 16.1. The average Bonchev–Trinajstić information content (AvgIpc) is 1.99. The van der Waals surface area contributed by atoms with Gasteiger partial charge in [0.2, 0.25) is 5.43 Å². The zero-order valence-corrected chi connectivity index (χ0v) is 6.30. The Bertz CT molecular complexity index is 410. The highest BCUT2D eigenvalue weighted by molar-refractivity contribution is 5.38. The molecule has 0 saturated carbocycles. The molecule has 0 saturated heterocycles. The summed E-state index contributed by atoms with van der Waals surface area (Å²) in [5.74, 6) is -0.301. The predicted octanol–water partition coefficient (Wildman–Crippen LogP) is 0.378. The first-order valence-electron chi connectivity index (χ1n) is 4.75. The summed E-state index contributed by atoms with van der Waals surface area (Å²) < 4.78 is 26.0. The van der Waals surface area contributed by atoms with Crippen molar-refractivity contribution in [2.24, 2.45) is 0 Å². The Morgan fingerprint density at radius 2 is 2.00 bits per heavy atom. The molecule has 0 aromatic heterocycles. The fourth-order valence-corrected chi connectivity index (χ4v) is 0.719. The van der Waals surface area contributed by atoms with Crippen molar-refractivity contribution in [1.29, 1.82) is 0 Å². The van der Waals surface area contributed by atoms with Crippen molar-refractivity contribution in [1.82, 2.24) is 0 Å². The van der Waals surface area contributed by atoms with Crippen LogP contribution in [0, 0.1) is 6.85 Å². The van der Waals surface area contributed by atoms with Crippen molar-refractivity contribution in [3.05, 3.63) is 26.0 Å². The maximum atomic E-state index is 11.0. The van der Waals surface area contributed by atoms with Crippen LogP contribution in [0.2, 0.25) is 0 Å². The van der Waals surface area contributed by atoms with Crippen LogP contribution >= 0.6 is 0 Å². The van der Waals surface area contributed by atoms with Gasteiger partial charge >= 0.3 is 0 Å². The van der Waals surface area contributed by atoms with Gasteiger partial charge in [-0.05, 0) is 20.7 Å². The van der Waals surface area contributed by atoms with Crippen molar-refractivity contribution in [3.63, 3.8) is 0 Å². The number of hydrogen-bond acceptors (Lipinski definition) is 3. The van der Waals surface area contributed by atoms with Gasteiger partial charge in [-0.3, -0.25) is 9.59 Å². The lowest BCUT2D eigenvalue weighted by Crippen LogP contribution is -2.36. The van der Waals surface area contributed by atoms with Crippen molar-refractivity contribution in [2.45, 2.75) is 26.8 Å². The summed E-state index contributed by atoms with van der Waals surface area (Å²) in [4.78, 5) is 21.9. The molecule has 0 amide bonds. The van der Waals surface area contributed by atoms with E-state index in [9.17, 15) is 9.59 Å². The Hall–Kier alpha value is -1.12. The second-order valence-electron chi connectivity index (χ2n) is 2.53. The van der Waals surface area contributed by atoms with Gasteiger partial charge in [-0.2, -0.15) is 0 Å². The lowest BCUT2D eigenvalue weighted by Gasteiger charge is -2.11. The molecule has 3 heteroatoms. The topological polar surface area (TPSA) is 43.4 Å². The lowest BCUT2D eigenvalue weighted by molar-refractivity contribution is 0.235. The molecule has 0 N–H and O–H groups in total. The highest BCUT2D eigenvalue weighted by Crippen LogP contribution is 2.10. The second kappa shape index (κ2) is 2.49. The van der Waals surface area contributed by atoms with Crippen molar-refractivity contribution < 1.29 is 8.85 Å². The molecule has 1 rings (SSSR count). The van der Waals surface area contributed by atoms with E-state index in [1.165, 1.54) is 0 Å². The maximum Gasteiger partial charge on any atom is 0.268 e. The van der Waals surface area contributed by atoms with Crippen LogP contribution in [0.15, 0.2) is 9.59 Å². The van der Waals surface area contributed by atoms with E-state index in [0.29, 0.717) is 0 Å². The zero-order valence-electron chi connectivity index (χ0n) is 9.30. The molecule has 11 heavy (non-hydrogen) atoms. The smallest absolute Gasteiger partial charge is 0.268 e. The molecular formula is C8H10O3. The molecule has 0 bridgehead atoms. The van der Waals surface area contributed by atoms with Crippen LogP contribution in [0.25, 0.3) is 0 Å². The molecule has 0 atom stereocenters. The highest BCUT2D eigenvalue weighted by Gasteiger charge is 2.18. The van der Waals surface area contributed by atoms with Gasteiger partial charge in [0.05, 0.1) is 6.10 Å². The molecule has 0 radical (unpaired) electrons. The Labute approximate surface area is 68.5 Å². The van der Waals surface area contributed by atoms with Gasteiger partial charge in [0.15, 0.2) is 5.75 Å². The van der Waals surface area contributed by atoms with Crippen LogP contribution < -0.4 is 15.6 Å². The minimum atomic E-state index is -2.56. The van der Waals surface area contributed by atoms with E-state index in [1.54, 1.807) is 13.8 Å². The first kappa shape index (κ1) is 4.70. The third kappa shape index (κ3) is 1.18. The molecule has 0 aliphatic carbocycles. The second-order valence-corrected chi connectivity index (χ2v) is 2.53. The van der Waals surface area contributed by atoms with Crippen LogP contribution in [0.3, 0.4) is 0 Å². The third-order valence-electron chi connectivity index (χ3n) is 1.22. The maximum absolute atomic E-state index is 11.0. The van der Waals surface area contributed by atoms with Gasteiger partial charge in [-0.1, -0.05) is 0 Å². The molecule has 60 valence electrons. The average molecular weight is 157 g/mol. The van der Waals surface area contributed by atoms with Gasteiger partial charge in [-0.25, -0.2) is 0 Å². The van der Waals surface area contributed by atoms with Gasteiger partial charge in [0.25, 0.3) is 5.43 Å². The van der Waals surface area contributed by atoms with E-state index < -0.39 is 23.3 Å². The Balaban J connectivity index is 3.14. The van der Waals surface area contributed by atoms with E-state index >= 15 is 0 Å². The van der Waals surface area contributed by atoms with Crippen molar-refractivity contribution in [3.8, 4) is 5.75 Å². The molecule has 0 fully saturated rings. The molecule has 0 aliphatic heterocycles. The largest absolute Gasteiger partial charge is 0.486 e. The monoisotopic (exact) mass is 157 g/mol. The molecule has 0 aliphatic rings. The summed E-state index contributed by atoms with van der Waals surface area (Å²) in [6.07, 6.45) is -0.320. The summed E-state index contributed by atoms with van der Waals surface area (Å²) in [5, 5.41) is 0. The van der Waals surface area contributed by atoms with E-state index in [0.717, 1.165) is 0 Å². The summed E-state index contributed by atoms with van der Waals surface area (Å²) in [7, 11) is 0. The fourth-order valence-electron chi connectivity index (χ4n) is 0.719. The van der Waals surface area contributed by atoms with Crippen LogP contribution in [0.4, 0.5) is 0 Å². The molecule has 0 spiro atoms. The molecule has 3 nitrogen and oxygen atoms in total. The van der Waals surface area contributed by atoms with E-state index in [1.807, 2.05) is 0 Å². The first-order valence-corrected chi connectivity index (χ1v) is 3.25. The lowest BCUT2D eigenvalue weighted by atomic mass is 10.1. The molecular weight excluding hydrogens is 144 g/mol.